The molecule has 1 aromatic carbocycles. The van der Waals surface area contributed by atoms with E-state index in [4.69, 9.17) is 5.73 Å². The van der Waals surface area contributed by atoms with E-state index in [0.29, 0.717) is 24.5 Å². The molecule has 0 bridgehead atoms. The Balaban J connectivity index is 1.74. The van der Waals surface area contributed by atoms with Crippen LogP contribution >= 0.6 is 0 Å². The summed E-state index contributed by atoms with van der Waals surface area (Å²) >= 11 is 0. The van der Waals surface area contributed by atoms with Crippen molar-refractivity contribution in [3.8, 4) is 0 Å². The second-order valence-corrected chi connectivity index (χ2v) is 8.98. The van der Waals surface area contributed by atoms with Gasteiger partial charge in [0, 0.05) is 33.2 Å². The summed E-state index contributed by atoms with van der Waals surface area (Å²) in [5.74, 6) is 0.643. The summed E-state index contributed by atoms with van der Waals surface area (Å²) < 4.78 is 30.6. The number of nitrogens with two attached hydrogens (primary N) is 1. The lowest BCUT2D eigenvalue weighted by molar-refractivity contribution is 0.427. The number of aromatic nitrogens is 2. The molecule has 2 heterocycles. The monoisotopic (exact) mass is 350 g/mol. The Labute approximate surface area is 140 Å². The van der Waals surface area contributed by atoms with Gasteiger partial charge in [0.15, 0.2) is 0 Å². The number of aryl methyl sites for hydroxylation is 2. The van der Waals surface area contributed by atoms with Crippen LogP contribution in [0.25, 0.3) is 11.0 Å². The van der Waals surface area contributed by atoms with Gasteiger partial charge in [-0.2, -0.15) is 4.31 Å². The van der Waals surface area contributed by atoms with E-state index in [1.165, 1.54) is 9.13 Å². The molecule has 24 heavy (non-hydrogen) atoms. The van der Waals surface area contributed by atoms with Crippen LogP contribution in [0.2, 0.25) is 0 Å². The number of nitrogens with zero attached hydrogens (tertiary/aromatic N) is 3. The molecule has 8 heteroatoms. The van der Waals surface area contributed by atoms with E-state index < -0.39 is 10.0 Å². The van der Waals surface area contributed by atoms with E-state index in [0.717, 1.165) is 18.4 Å². The Morgan fingerprint density at radius 1 is 1.08 bits per heavy atom. The number of hydrogen-bond donors (Lipinski definition) is 1. The minimum Gasteiger partial charge on any atom is -0.327 e. The summed E-state index contributed by atoms with van der Waals surface area (Å²) in [7, 11) is -0.227. The lowest BCUT2D eigenvalue weighted by atomic mass is 9.98. The molecule has 3 unspecified atom stereocenters. The zero-order chi connectivity index (χ0) is 17.2. The van der Waals surface area contributed by atoms with Gasteiger partial charge in [0.05, 0.1) is 15.9 Å². The normalized spacial score (nSPS) is 27.9. The zero-order valence-corrected chi connectivity index (χ0v) is 14.7. The second kappa shape index (κ2) is 5.18. The van der Waals surface area contributed by atoms with Crippen LogP contribution in [0, 0.1) is 11.8 Å². The molecule has 2 aromatic rings. The van der Waals surface area contributed by atoms with Gasteiger partial charge in [-0.25, -0.2) is 13.2 Å². The van der Waals surface area contributed by atoms with Gasteiger partial charge in [-0.15, -0.1) is 0 Å². The minimum absolute atomic E-state index is 0.104. The van der Waals surface area contributed by atoms with E-state index in [-0.39, 0.29) is 22.5 Å². The molecule has 0 spiro atoms. The Morgan fingerprint density at radius 3 is 2.50 bits per heavy atom. The average molecular weight is 350 g/mol. The van der Waals surface area contributed by atoms with Crippen LogP contribution in [0.4, 0.5) is 0 Å². The number of rotatable bonds is 2. The number of hydrogen-bond acceptors (Lipinski definition) is 4. The predicted octanol–water partition coefficient (Wildman–Crippen LogP) is 0.235. The highest BCUT2D eigenvalue weighted by Crippen LogP contribution is 2.39. The van der Waals surface area contributed by atoms with Gasteiger partial charge in [-0.1, -0.05) is 0 Å². The topological polar surface area (TPSA) is 90.3 Å². The third-order valence-electron chi connectivity index (χ3n) is 5.76. The molecule has 1 saturated heterocycles. The molecular formula is C16H22N4O3S. The second-order valence-electron chi connectivity index (χ2n) is 7.04. The maximum Gasteiger partial charge on any atom is 0.328 e. The molecule has 130 valence electrons. The maximum absolute atomic E-state index is 13.0. The number of imidazole rings is 1. The molecule has 1 saturated carbocycles. The minimum atomic E-state index is -3.56. The van der Waals surface area contributed by atoms with E-state index in [1.807, 2.05) is 0 Å². The van der Waals surface area contributed by atoms with Gasteiger partial charge in [0.1, 0.15) is 0 Å². The first-order chi connectivity index (χ1) is 11.3. The summed E-state index contributed by atoms with van der Waals surface area (Å²) in [5, 5.41) is 0. The highest BCUT2D eigenvalue weighted by Gasteiger charge is 2.45. The molecule has 1 aliphatic heterocycles. The summed E-state index contributed by atoms with van der Waals surface area (Å²) in [6.45, 7) is 1.05. The van der Waals surface area contributed by atoms with Crippen LogP contribution in [-0.4, -0.2) is 41.0 Å². The van der Waals surface area contributed by atoms with Crippen molar-refractivity contribution in [3.63, 3.8) is 0 Å². The van der Waals surface area contributed by atoms with Crippen molar-refractivity contribution < 1.29 is 8.42 Å². The SMILES string of the molecule is Cn1c(=O)n(C)c2cc(S(=O)(=O)N3CC4CCC(N)C4C3)ccc21. The van der Waals surface area contributed by atoms with Crippen molar-refractivity contribution >= 4 is 21.1 Å². The Morgan fingerprint density at radius 2 is 1.79 bits per heavy atom. The quantitative estimate of drug-likeness (QED) is 0.840. The molecule has 7 nitrogen and oxygen atoms in total. The maximum atomic E-state index is 13.0. The first-order valence-electron chi connectivity index (χ1n) is 8.22. The molecule has 2 aliphatic rings. The van der Waals surface area contributed by atoms with Crippen molar-refractivity contribution in [3.05, 3.63) is 28.7 Å². The number of sulfonamides is 1. The van der Waals surface area contributed by atoms with E-state index in [2.05, 4.69) is 0 Å². The molecule has 2 fully saturated rings. The fourth-order valence-corrected chi connectivity index (χ4v) is 5.81. The fourth-order valence-electron chi connectivity index (χ4n) is 4.26. The molecule has 0 amide bonds. The van der Waals surface area contributed by atoms with Crippen molar-refractivity contribution in [2.75, 3.05) is 13.1 Å². The molecular weight excluding hydrogens is 328 g/mol. The molecule has 1 aromatic heterocycles. The number of fused-ring (bicyclic) bond motifs is 2. The van der Waals surface area contributed by atoms with Crippen LogP contribution in [0.1, 0.15) is 12.8 Å². The highest BCUT2D eigenvalue weighted by atomic mass is 32.2. The Hall–Kier alpha value is -1.64. The van der Waals surface area contributed by atoms with E-state index in [9.17, 15) is 13.2 Å². The van der Waals surface area contributed by atoms with Crippen molar-refractivity contribution in [2.24, 2.45) is 31.7 Å². The van der Waals surface area contributed by atoms with E-state index >= 15 is 0 Å². The van der Waals surface area contributed by atoms with Crippen LogP contribution in [0.3, 0.4) is 0 Å². The molecule has 0 radical (unpaired) electrons. The highest BCUT2D eigenvalue weighted by molar-refractivity contribution is 7.89. The first kappa shape index (κ1) is 15.9. The van der Waals surface area contributed by atoms with Crippen LogP contribution < -0.4 is 11.4 Å². The lowest BCUT2D eigenvalue weighted by Crippen LogP contribution is -2.33. The predicted molar refractivity (Wildman–Crippen MR) is 91.1 cm³/mol. The molecule has 4 rings (SSSR count). The first-order valence-corrected chi connectivity index (χ1v) is 9.66. The lowest BCUT2D eigenvalue weighted by Gasteiger charge is -2.18. The third-order valence-corrected chi connectivity index (χ3v) is 7.59. The fraction of sp³-hybridized carbons (Fsp3) is 0.562. The van der Waals surface area contributed by atoms with Crippen LogP contribution in [0.5, 0.6) is 0 Å². The average Bonchev–Trinajstić information content (AvgIpc) is 3.20. The van der Waals surface area contributed by atoms with Gasteiger partial charge in [-0.05, 0) is 42.9 Å². The zero-order valence-electron chi connectivity index (χ0n) is 13.8. The Kier molecular flexibility index (Phi) is 3.42. The van der Waals surface area contributed by atoms with Gasteiger partial charge < -0.3 is 5.73 Å². The van der Waals surface area contributed by atoms with Crippen molar-refractivity contribution in [1.82, 2.24) is 13.4 Å². The molecule has 2 N–H and O–H groups in total. The smallest absolute Gasteiger partial charge is 0.327 e. The summed E-state index contributed by atoms with van der Waals surface area (Å²) in [6, 6.07) is 4.99. The standard InChI is InChI=1S/C16H22N4O3S/c1-18-14-6-4-11(7-15(14)19(2)16(18)21)24(22,23)20-8-10-3-5-13(17)12(10)9-20/h4,6-7,10,12-13H,3,5,8-9,17H2,1-2H3. The van der Waals surface area contributed by atoms with Gasteiger partial charge in [-0.3, -0.25) is 9.13 Å². The van der Waals surface area contributed by atoms with Gasteiger partial charge in [0.25, 0.3) is 0 Å². The van der Waals surface area contributed by atoms with Crippen molar-refractivity contribution in [1.29, 1.82) is 0 Å². The van der Waals surface area contributed by atoms with E-state index in [1.54, 1.807) is 36.6 Å². The van der Waals surface area contributed by atoms with Gasteiger partial charge in [0.2, 0.25) is 10.0 Å². The summed E-state index contributed by atoms with van der Waals surface area (Å²) in [6.07, 6.45) is 1.99. The van der Waals surface area contributed by atoms with Crippen LogP contribution in [0.15, 0.2) is 27.9 Å². The van der Waals surface area contributed by atoms with Crippen LogP contribution in [-0.2, 0) is 24.1 Å². The summed E-state index contributed by atoms with van der Waals surface area (Å²) in [5.41, 5.74) is 7.30. The van der Waals surface area contributed by atoms with Gasteiger partial charge >= 0.3 is 5.69 Å². The number of benzene rings is 1. The molecule has 1 aliphatic carbocycles. The largest absolute Gasteiger partial charge is 0.328 e. The molecule has 3 atom stereocenters. The van der Waals surface area contributed by atoms with Crippen molar-refractivity contribution in [2.45, 2.75) is 23.8 Å². The third kappa shape index (κ3) is 2.09. The summed E-state index contributed by atoms with van der Waals surface area (Å²) in [4.78, 5) is 12.3. The Bertz CT molecular complexity index is 975.